The van der Waals surface area contributed by atoms with Crippen LogP contribution in [0.4, 0.5) is 24.9 Å². The molecule has 1 unspecified atom stereocenters. The highest BCUT2D eigenvalue weighted by molar-refractivity contribution is 5.46. The van der Waals surface area contributed by atoms with Crippen LogP contribution in [0.3, 0.4) is 0 Å². The third-order valence-electron chi connectivity index (χ3n) is 4.08. The third-order valence-corrected chi connectivity index (χ3v) is 4.08. The second-order valence-electron chi connectivity index (χ2n) is 6.38. The van der Waals surface area contributed by atoms with Crippen molar-refractivity contribution in [3.63, 3.8) is 0 Å². The zero-order chi connectivity index (χ0) is 19.4. The number of alkyl halides is 3. The highest BCUT2D eigenvalue weighted by Gasteiger charge is 2.31. The van der Waals surface area contributed by atoms with Gasteiger partial charge in [0.2, 0.25) is 5.95 Å². The van der Waals surface area contributed by atoms with Crippen molar-refractivity contribution in [2.24, 2.45) is 5.73 Å². The average Bonchev–Trinajstić information content (AvgIpc) is 2.66. The highest BCUT2D eigenvalue weighted by Crippen LogP contribution is 2.28. The summed E-state index contributed by atoms with van der Waals surface area (Å²) in [7, 11) is 0. The molecule has 0 saturated carbocycles. The molecule has 1 aliphatic rings. The van der Waals surface area contributed by atoms with E-state index in [1.165, 1.54) is 0 Å². The Hall–Kier alpha value is -2.62. The Balaban J connectivity index is 1.59. The van der Waals surface area contributed by atoms with E-state index >= 15 is 0 Å². The number of nitrogens with two attached hydrogens (primary N) is 1. The normalized spacial score (nSPS) is 16.3. The number of halogens is 3. The molecule has 0 bridgehead atoms. The van der Waals surface area contributed by atoms with Crippen molar-refractivity contribution in [3.05, 3.63) is 36.3 Å². The van der Waals surface area contributed by atoms with Crippen LogP contribution in [0.5, 0.6) is 5.75 Å². The maximum atomic E-state index is 12.6. The van der Waals surface area contributed by atoms with Crippen LogP contribution >= 0.6 is 0 Å². The maximum Gasteiger partial charge on any atom is 0.419 e. The van der Waals surface area contributed by atoms with Crippen LogP contribution in [0, 0.1) is 0 Å². The lowest BCUT2D eigenvalue weighted by molar-refractivity contribution is -0.138. The van der Waals surface area contributed by atoms with Crippen molar-refractivity contribution in [1.82, 2.24) is 15.0 Å². The molecule has 3 rings (SSSR count). The van der Waals surface area contributed by atoms with E-state index in [9.17, 15) is 13.2 Å². The summed E-state index contributed by atoms with van der Waals surface area (Å²) in [6, 6.07) is 3.57. The Kier molecular flexibility index (Phi) is 5.64. The van der Waals surface area contributed by atoms with Gasteiger partial charge >= 0.3 is 6.18 Å². The van der Waals surface area contributed by atoms with Crippen LogP contribution in [0.15, 0.2) is 30.7 Å². The summed E-state index contributed by atoms with van der Waals surface area (Å²) in [5, 5.41) is 0. The van der Waals surface area contributed by atoms with Gasteiger partial charge in [0.05, 0.1) is 5.56 Å². The van der Waals surface area contributed by atoms with Gasteiger partial charge in [-0.3, -0.25) is 0 Å². The molecule has 10 heteroatoms. The number of hydrogen-bond donors (Lipinski definition) is 1. The number of anilines is 2. The van der Waals surface area contributed by atoms with Crippen LogP contribution in [-0.2, 0) is 6.18 Å². The topological polar surface area (TPSA) is 80.4 Å². The first-order valence-electron chi connectivity index (χ1n) is 8.56. The lowest BCUT2D eigenvalue weighted by Crippen LogP contribution is -2.47. The SMILES string of the molecule is CC(N)COc1ccnc(N2CCN(c3ncc(C(F)(F)F)cn3)CC2)c1. The summed E-state index contributed by atoms with van der Waals surface area (Å²) in [6.45, 7) is 4.74. The van der Waals surface area contributed by atoms with Crippen molar-refractivity contribution in [3.8, 4) is 5.75 Å². The van der Waals surface area contributed by atoms with Crippen LogP contribution in [0.1, 0.15) is 12.5 Å². The smallest absolute Gasteiger partial charge is 0.419 e. The summed E-state index contributed by atoms with van der Waals surface area (Å²) >= 11 is 0. The molecule has 2 aromatic rings. The maximum absolute atomic E-state index is 12.6. The molecule has 27 heavy (non-hydrogen) atoms. The van der Waals surface area contributed by atoms with E-state index in [0.717, 1.165) is 18.2 Å². The molecule has 1 atom stereocenters. The molecule has 0 amide bonds. The summed E-state index contributed by atoms with van der Waals surface area (Å²) in [6.07, 6.45) is -1.13. The van der Waals surface area contributed by atoms with E-state index in [2.05, 4.69) is 19.9 Å². The third kappa shape index (κ3) is 4.97. The van der Waals surface area contributed by atoms with E-state index in [1.807, 2.05) is 17.9 Å². The second kappa shape index (κ2) is 7.95. The molecule has 0 radical (unpaired) electrons. The fourth-order valence-electron chi connectivity index (χ4n) is 2.66. The van der Waals surface area contributed by atoms with E-state index in [4.69, 9.17) is 10.5 Å². The van der Waals surface area contributed by atoms with Gasteiger partial charge < -0.3 is 20.3 Å². The molecular weight excluding hydrogens is 361 g/mol. The zero-order valence-corrected chi connectivity index (χ0v) is 14.9. The van der Waals surface area contributed by atoms with Gasteiger partial charge in [0, 0.05) is 56.9 Å². The molecule has 1 aliphatic heterocycles. The molecule has 0 spiro atoms. The van der Waals surface area contributed by atoms with Gasteiger partial charge in [-0.1, -0.05) is 0 Å². The number of pyridine rings is 1. The molecule has 0 aliphatic carbocycles. The lowest BCUT2D eigenvalue weighted by atomic mass is 10.3. The zero-order valence-electron chi connectivity index (χ0n) is 14.9. The molecule has 2 aromatic heterocycles. The monoisotopic (exact) mass is 382 g/mol. The molecule has 3 heterocycles. The van der Waals surface area contributed by atoms with Gasteiger partial charge in [0.1, 0.15) is 18.2 Å². The fourth-order valence-corrected chi connectivity index (χ4v) is 2.66. The first-order chi connectivity index (χ1) is 12.8. The molecular formula is C17H21F3N6O. The Morgan fingerprint density at radius 3 is 2.33 bits per heavy atom. The van der Waals surface area contributed by atoms with Crippen LogP contribution in [-0.4, -0.2) is 53.8 Å². The Labute approximate surface area is 155 Å². The van der Waals surface area contributed by atoms with Crippen molar-refractivity contribution in [2.45, 2.75) is 19.1 Å². The quantitative estimate of drug-likeness (QED) is 0.846. The van der Waals surface area contributed by atoms with Gasteiger partial charge in [-0.15, -0.1) is 0 Å². The summed E-state index contributed by atoms with van der Waals surface area (Å²) in [5.41, 5.74) is 4.84. The predicted molar refractivity (Wildman–Crippen MR) is 94.8 cm³/mol. The summed E-state index contributed by atoms with van der Waals surface area (Å²) in [5.74, 6) is 1.78. The minimum absolute atomic E-state index is 0.0612. The number of aromatic nitrogens is 3. The average molecular weight is 382 g/mol. The molecule has 0 aromatic carbocycles. The van der Waals surface area contributed by atoms with Crippen molar-refractivity contribution in [2.75, 3.05) is 42.6 Å². The van der Waals surface area contributed by atoms with E-state index in [-0.39, 0.29) is 6.04 Å². The van der Waals surface area contributed by atoms with E-state index in [1.54, 1.807) is 12.3 Å². The highest BCUT2D eigenvalue weighted by atomic mass is 19.4. The molecule has 146 valence electrons. The van der Waals surface area contributed by atoms with Crippen molar-refractivity contribution < 1.29 is 17.9 Å². The van der Waals surface area contributed by atoms with Crippen molar-refractivity contribution in [1.29, 1.82) is 0 Å². The number of hydrogen-bond acceptors (Lipinski definition) is 7. The molecule has 1 saturated heterocycles. The molecule has 7 nitrogen and oxygen atoms in total. The largest absolute Gasteiger partial charge is 0.492 e. The fraction of sp³-hybridized carbons (Fsp3) is 0.471. The van der Waals surface area contributed by atoms with E-state index < -0.39 is 11.7 Å². The van der Waals surface area contributed by atoms with Crippen molar-refractivity contribution >= 4 is 11.8 Å². The standard InChI is InChI=1S/C17H21F3N6O/c1-12(21)11-27-14-2-3-22-15(8-14)25-4-6-26(7-5-25)16-23-9-13(10-24-16)17(18,19)20/h2-3,8-10,12H,4-7,11,21H2,1H3. The van der Waals surface area contributed by atoms with Crippen LogP contribution < -0.4 is 20.3 Å². The van der Waals surface area contributed by atoms with Gasteiger partial charge in [-0.25, -0.2) is 15.0 Å². The lowest BCUT2D eigenvalue weighted by Gasteiger charge is -2.35. The minimum Gasteiger partial charge on any atom is -0.492 e. The first kappa shape index (κ1) is 19.2. The van der Waals surface area contributed by atoms with Gasteiger partial charge in [-0.2, -0.15) is 13.2 Å². The number of piperazine rings is 1. The van der Waals surface area contributed by atoms with Gasteiger partial charge in [-0.05, 0) is 13.0 Å². The second-order valence-corrected chi connectivity index (χ2v) is 6.38. The minimum atomic E-state index is -4.43. The van der Waals surface area contributed by atoms with Crippen LogP contribution in [0.2, 0.25) is 0 Å². The summed E-state index contributed by atoms with van der Waals surface area (Å²) < 4.78 is 43.4. The first-order valence-corrected chi connectivity index (χ1v) is 8.56. The number of nitrogens with zero attached hydrogens (tertiary/aromatic N) is 5. The Bertz CT molecular complexity index is 745. The molecule has 1 fully saturated rings. The molecule has 2 N–H and O–H groups in total. The van der Waals surface area contributed by atoms with Crippen LogP contribution in [0.25, 0.3) is 0 Å². The Morgan fingerprint density at radius 2 is 1.74 bits per heavy atom. The Morgan fingerprint density at radius 1 is 1.11 bits per heavy atom. The van der Waals surface area contributed by atoms with E-state index in [0.29, 0.717) is 44.5 Å². The van der Waals surface area contributed by atoms with Gasteiger partial charge in [0.25, 0.3) is 0 Å². The number of ether oxygens (including phenoxy) is 1. The van der Waals surface area contributed by atoms with Gasteiger partial charge in [0.15, 0.2) is 0 Å². The number of rotatable bonds is 5. The predicted octanol–water partition coefficient (Wildman–Crippen LogP) is 1.94. The summed E-state index contributed by atoms with van der Waals surface area (Å²) in [4.78, 5) is 16.0.